The van der Waals surface area contributed by atoms with Crippen molar-refractivity contribution in [2.75, 3.05) is 18.1 Å². The molecule has 1 aliphatic rings. The van der Waals surface area contributed by atoms with Crippen LogP contribution in [0.1, 0.15) is 18.4 Å². The summed E-state index contributed by atoms with van der Waals surface area (Å²) in [6.07, 6.45) is 2.28. The minimum absolute atomic E-state index is 0.163. The number of fused-ring (bicyclic) bond motifs is 1. The molecule has 3 aromatic rings. The number of hydrogen-bond acceptors (Lipinski definition) is 4. The number of anilines is 1. The lowest BCUT2D eigenvalue weighted by molar-refractivity contribution is -0.383. The predicted molar refractivity (Wildman–Crippen MR) is 104 cm³/mol. The van der Waals surface area contributed by atoms with E-state index in [1.54, 1.807) is 6.07 Å². The van der Waals surface area contributed by atoms with Crippen LogP contribution in [0.15, 0.2) is 66.7 Å². The summed E-state index contributed by atoms with van der Waals surface area (Å²) in [5.74, 6) is 0. The van der Waals surface area contributed by atoms with Crippen molar-refractivity contribution in [3.05, 3.63) is 82.4 Å². The molecule has 0 amide bonds. The Labute approximate surface area is 152 Å². The first kappa shape index (κ1) is 16.5. The zero-order valence-corrected chi connectivity index (χ0v) is 14.5. The summed E-state index contributed by atoms with van der Waals surface area (Å²) in [6.45, 7) is 2.75. The molecule has 1 aliphatic heterocycles. The summed E-state index contributed by atoms with van der Waals surface area (Å²) < 4.78 is 0. The van der Waals surface area contributed by atoms with Gasteiger partial charge < -0.3 is 5.01 Å². The van der Waals surface area contributed by atoms with Gasteiger partial charge in [0, 0.05) is 31.1 Å². The van der Waals surface area contributed by atoms with Crippen LogP contribution >= 0.6 is 0 Å². The molecular weight excluding hydrogens is 326 g/mol. The Balaban J connectivity index is 1.75. The normalized spacial score (nSPS) is 15.3. The maximum atomic E-state index is 11.4. The average Bonchev–Trinajstić information content (AvgIpc) is 2.68. The highest BCUT2D eigenvalue weighted by Crippen LogP contribution is 2.35. The number of hydrogen-bond donors (Lipinski definition) is 0. The molecule has 3 aromatic carbocycles. The van der Waals surface area contributed by atoms with Crippen molar-refractivity contribution >= 4 is 22.1 Å². The molecule has 0 saturated carbocycles. The van der Waals surface area contributed by atoms with Gasteiger partial charge in [-0.2, -0.15) is 0 Å². The number of nitro benzene ring substituents is 1. The van der Waals surface area contributed by atoms with Crippen molar-refractivity contribution in [2.45, 2.75) is 19.4 Å². The molecule has 1 heterocycles. The Morgan fingerprint density at radius 3 is 2.31 bits per heavy atom. The molecule has 0 spiro atoms. The first-order valence-corrected chi connectivity index (χ1v) is 8.96. The maximum absolute atomic E-state index is 11.4. The second kappa shape index (κ2) is 7.14. The van der Waals surface area contributed by atoms with Crippen molar-refractivity contribution in [1.82, 2.24) is 5.01 Å². The molecule has 5 heteroatoms. The topological polar surface area (TPSA) is 49.6 Å². The number of rotatable bonds is 4. The number of non-ortho nitro benzene ring substituents is 1. The molecule has 1 fully saturated rings. The van der Waals surface area contributed by atoms with Crippen LogP contribution in [0.3, 0.4) is 0 Å². The molecule has 1 saturated heterocycles. The third-order valence-electron chi connectivity index (χ3n) is 4.94. The lowest BCUT2D eigenvalue weighted by Crippen LogP contribution is -2.47. The summed E-state index contributed by atoms with van der Waals surface area (Å²) in [7, 11) is 0. The molecule has 0 N–H and O–H groups in total. The standard InChI is InChI=1S/C21H21N3O2/c25-24(26)21-13-12-20(18-10-4-5-11-19(18)21)23-15-7-6-14-22(23)16-17-8-2-1-3-9-17/h1-5,8-13H,6-7,14-16H2. The molecule has 0 radical (unpaired) electrons. The molecular formula is C21H21N3O2. The van der Waals surface area contributed by atoms with Gasteiger partial charge in [-0.25, -0.2) is 5.01 Å². The molecule has 0 unspecified atom stereocenters. The fraction of sp³-hybridized carbons (Fsp3) is 0.238. The minimum atomic E-state index is -0.302. The number of nitro groups is 1. The highest BCUT2D eigenvalue weighted by molar-refractivity contribution is 5.99. The third kappa shape index (κ3) is 3.13. The van der Waals surface area contributed by atoms with E-state index < -0.39 is 0 Å². The Morgan fingerprint density at radius 2 is 1.54 bits per heavy atom. The SMILES string of the molecule is O=[N+]([O-])c1ccc(N2CCCCN2Cc2ccccc2)c2ccccc12. The van der Waals surface area contributed by atoms with Crippen LogP contribution in [0.5, 0.6) is 0 Å². The molecule has 5 nitrogen and oxygen atoms in total. The van der Waals surface area contributed by atoms with Crippen LogP contribution in [0.4, 0.5) is 11.4 Å². The van der Waals surface area contributed by atoms with Gasteiger partial charge in [-0.05, 0) is 30.5 Å². The summed E-state index contributed by atoms with van der Waals surface area (Å²) >= 11 is 0. The molecule has 26 heavy (non-hydrogen) atoms. The van der Waals surface area contributed by atoms with E-state index in [0.29, 0.717) is 5.39 Å². The quantitative estimate of drug-likeness (QED) is 0.504. The summed E-state index contributed by atoms with van der Waals surface area (Å²) in [4.78, 5) is 11.1. The zero-order valence-electron chi connectivity index (χ0n) is 14.5. The van der Waals surface area contributed by atoms with Crippen molar-refractivity contribution in [2.24, 2.45) is 0 Å². The van der Waals surface area contributed by atoms with Crippen LogP contribution in [-0.4, -0.2) is 23.0 Å². The zero-order chi connectivity index (χ0) is 17.9. The van der Waals surface area contributed by atoms with Crippen molar-refractivity contribution < 1.29 is 4.92 Å². The monoisotopic (exact) mass is 347 g/mol. The molecule has 0 bridgehead atoms. The van der Waals surface area contributed by atoms with Crippen LogP contribution in [0, 0.1) is 10.1 Å². The van der Waals surface area contributed by atoms with Gasteiger partial charge in [0.1, 0.15) is 0 Å². The van der Waals surface area contributed by atoms with Gasteiger partial charge in [0.25, 0.3) is 5.69 Å². The maximum Gasteiger partial charge on any atom is 0.277 e. The van der Waals surface area contributed by atoms with Gasteiger partial charge in [-0.3, -0.25) is 10.1 Å². The second-order valence-corrected chi connectivity index (χ2v) is 6.61. The lowest BCUT2D eigenvalue weighted by Gasteiger charge is -2.41. The van der Waals surface area contributed by atoms with Gasteiger partial charge in [0.2, 0.25) is 0 Å². The van der Waals surface area contributed by atoms with Gasteiger partial charge in [-0.15, -0.1) is 0 Å². The van der Waals surface area contributed by atoms with E-state index in [0.717, 1.165) is 43.5 Å². The van der Waals surface area contributed by atoms with Gasteiger partial charge in [0.15, 0.2) is 0 Å². The van der Waals surface area contributed by atoms with Crippen molar-refractivity contribution in [3.8, 4) is 0 Å². The average molecular weight is 347 g/mol. The van der Waals surface area contributed by atoms with Crippen molar-refractivity contribution in [1.29, 1.82) is 0 Å². The highest BCUT2D eigenvalue weighted by Gasteiger charge is 2.24. The Morgan fingerprint density at radius 1 is 0.846 bits per heavy atom. The number of hydrazine groups is 1. The van der Waals surface area contributed by atoms with E-state index >= 15 is 0 Å². The van der Waals surface area contributed by atoms with Crippen LogP contribution < -0.4 is 5.01 Å². The largest absolute Gasteiger partial charge is 0.305 e. The minimum Gasteiger partial charge on any atom is -0.305 e. The Bertz CT molecular complexity index is 927. The van der Waals surface area contributed by atoms with Crippen LogP contribution in [-0.2, 0) is 6.54 Å². The second-order valence-electron chi connectivity index (χ2n) is 6.61. The fourth-order valence-electron chi connectivity index (χ4n) is 3.70. The van der Waals surface area contributed by atoms with E-state index in [9.17, 15) is 10.1 Å². The van der Waals surface area contributed by atoms with E-state index in [4.69, 9.17) is 0 Å². The number of benzene rings is 3. The van der Waals surface area contributed by atoms with Gasteiger partial charge in [0.05, 0.1) is 16.0 Å². The fourth-order valence-corrected chi connectivity index (χ4v) is 3.70. The van der Waals surface area contributed by atoms with Gasteiger partial charge in [-0.1, -0.05) is 48.5 Å². The summed E-state index contributed by atoms with van der Waals surface area (Å²) in [6, 6.07) is 21.6. The number of nitrogens with zero attached hydrogens (tertiary/aromatic N) is 3. The highest BCUT2D eigenvalue weighted by atomic mass is 16.6. The molecule has 132 valence electrons. The first-order chi connectivity index (χ1) is 12.7. The van der Waals surface area contributed by atoms with E-state index in [1.165, 1.54) is 5.56 Å². The van der Waals surface area contributed by atoms with E-state index in [1.807, 2.05) is 36.4 Å². The molecule has 0 aliphatic carbocycles. The lowest BCUT2D eigenvalue weighted by atomic mass is 10.1. The van der Waals surface area contributed by atoms with Crippen molar-refractivity contribution in [3.63, 3.8) is 0 Å². The molecule has 4 rings (SSSR count). The predicted octanol–water partition coefficient (Wildman–Crippen LogP) is 4.77. The Kier molecular flexibility index (Phi) is 4.54. The first-order valence-electron chi connectivity index (χ1n) is 8.96. The van der Waals surface area contributed by atoms with E-state index in [-0.39, 0.29) is 10.6 Å². The third-order valence-corrected chi connectivity index (χ3v) is 4.94. The van der Waals surface area contributed by atoms with Gasteiger partial charge >= 0.3 is 0 Å². The summed E-state index contributed by atoms with van der Waals surface area (Å²) in [5, 5.41) is 17.7. The molecule has 0 atom stereocenters. The van der Waals surface area contributed by atoms with Crippen LogP contribution in [0.25, 0.3) is 10.8 Å². The van der Waals surface area contributed by atoms with Crippen LogP contribution in [0.2, 0.25) is 0 Å². The van der Waals surface area contributed by atoms with E-state index in [2.05, 4.69) is 34.3 Å². The Hall–Kier alpha value is -2.92. The smallest absolute Gasteiger partial charge is 0.277 e. The molecule has 0 aromatic heterocycles. The summed E-state index contributed by atoms with van der Waals surface area (Å²) in [5.41, 5.74) is 2.48.